The molecule has 2 atom stereocenters. The molecule has 0 aliphatic rings. The lowest BCUT2D eigenvalue weighted by molar-refractivity contribution is -0.146. The molecule has 0 spiro atoms. The number of aliphatic carboxylic acids is 4. The fourth-order valence-corrected chi connectivity index (χ4v) is 3.08. The first kappa shape index (κ1) is 23.9. The van der Waals surface area contributed by atoms with Gasteiger partial charge in [-0.15, -0.1) is 0 Å². The first-order valence-electron chi connectivity index (χ1n) is 9.12. The summed E-state index contributed by atoms with van der Waals surface area (Å²) < 4.78 is 0. The zero-order valence-corrected chi connectivity index (χ0v) is 15.1. The maximum Gasteiger partial charge on any atom is 0.306 e. The Kier molecular flexibility index (Phi) is 12.9. The van der Waals surface area contributed by atoms with Gasteiger partial charge in [0.1, 0.15) is 0 Å². The Hall–Kier alpha value is -2.12. The SMILES string of the molecule is O=C(O)CCCCCCC(C(=O)O)C(CCCCCC(=O)O)CC(=O)O. The smallest absolute Gasteiger partial charge is 0.306 e. The quantitative estimate of drug-likeness (QED) is 0.283. The lowest BCUT2D eigenvalue weighted by atomic mass is 9.82. The second-order valence-corrected chi connectivity index (χ2v) is 6.64. The lowest BCUT2D eigenvalue weighted by Gasteiger charge is -2.22. The zero-order valence-electron chi connectivity index (χ0n) is 15.1. The van der Waals surface area contributed by atoms with E-state index in [1.54, 1.807) is 0 Å². The molecule has 0 aromatic heterocycles. The second kappa shape index (κ2) is 14.1. The molecule has 0 radical (unpaired) electrons. The highest BCUT2D eigenvalue weighted by Gasteiger charge is 2.29. The minimum absolute atomic E-state index is 0.0578. The van der Waals surface area contributed by atoms with Crippen molar-refractivity contribution in [1.82, 2.24) is 0 Å². The van der Waals surface area contributed by atoms with Crippen LogP contribution in [0.15, 0.2) is 0 Å². The summed E-state index contributed by atoms with van der Waals surface area (Å²) in [6.45, 7) is 0. The van der Waals surface area contributed by atoms with Crippen molar-refractivity contribution < 1.29 is 39.6 Å². The Bertz CT molecular complexity index is 460. The van der Waals surface area contributed by atoms with Gasteiger partial charge in [-0.05, 0) is 31.6 Å². The van der Waals surface area contributed by atoms with Gasteiger partial charge in [0.15, 0.2) is 0 Å². The number of carbonyl (C=O) groups is 4. The minimum Gasteiger partial charge on any atom is -0.481 e. The van der Waals surface area contributed by atoms with Gasteiger partial charge < -0.3 is 20.4 Å². The summed E-state index contributed by atoms with van der Waals surface area (Å²) in [6.07, 6.45) is 5.08. The molecule has 0 saturated heterocycles. The third-order valence-electron chi connectivity index (χ3n) is 4.44. The summed E-state index contributed by atoms with van der Waals surface area (Å²) in [6, 6.07) is 0. The largest absolute Gasteiger partial charge is 0.481 e. The standard InChI is InChI=1S/C18H30O8/c19-15(20)10-6-2-1-5-9-14(18(25)26)13(12-17(23)24)8-4-3-7-11-16(21)22/h13-14H,1-12H2,(H,19,20)(H,21,22)(H,23,24)(H,25,26). The van der Waals surface area contributed by atoms with E-state index in [1.807, 2.05) is 0 Å². The topological polar surface area (TPSA) is 149 Å². The van der Waals surface area contributed by atoms with Gasteiger partial charge in [-0.1, -0.05) is 32.1 Å². The van der Waals surface area contributed by atoms with E-state index in [2.05, 4.69) is 0 Å². The van der Waals surface area contributed by atoms with Gasteiger partial charge in [0.2, 0.25) is 0 Å². The van der Waals surface area contributed by atoms with Crippen molar-refractivity contribution in [2.75, 3.05) is 0 Å². The predicted octanol–water partition coefficient (Wildman–Crippen LogP) is 3.24. The van der Waals surface area contributed by atoms with Crippen molar-refractivity contribution in [3.05, 3.63) is 0 Å². The van der Waals surface area contributed by atoms with Crippen LogP contribution in [0.3, 0.4) is 0 Å². The molecule has 0 rings (SSSR count). The average molecular weight is 374 g/mol. The van der Waals surface area contributed by atoms with Crippen LogP contribution in [-0.4, -0.2) is 44.3 Å². The third kappa shape index (κ3) is 13.2. The molecule has 0 fully saturated rings. The van der Waals surface area contributed by atoms with E-state index in [1.165, 1.54) is 0 Å². The van der Waals surface area contributed by atoms with Crippen LogP contribution < -0.4 is 0 Å². The first-order chi connectivity index (χ1) is 12.2. The first-order valence-corrected chi connectivity index (χ1v) is 9.12. The molecule has 0 aliphatic carbocycles. The fourth-order valence-electron chi connectivity index (χ4n) is 3.08. The van der Waals surface area contributed by atoms with Crippen LogP contribution in [0.1, 0.15) is 77.0 Å². The van der Waals surface area contributed by atoms with Gasteiger partial charge in [0, 0.05) is 19.3 Å². The van der Waals surface area contributed by atoms with Gasteiger partial charge in [-0.3, -0.25) is 19.2 Å². The molecule has 8 nitrogen and oxygen atoms in total. The third-order valence-corrected chi connectivity index (χ3v) is 4.44. The summed E-state index contributed by atoms with van der Waals surface area (Å²) in [5.74, 6) is -4.99. The number of unbranched alkanes of at least 4 members (excludes halogenated alkanes) is 5. The van der Waals surface area contributed by atoms with E-state index in [-0.39, 0.29) is 19.3 Å². The molecule has 0 amide bonds. The number of rotatable bonds is 17. The van der Waals surface area contributed by atoms with Crippen LogP contribution in [-0.2, 0) is 19.2 Å². The summed E-state index contributed by atoms with van der Waals surface area (Å²) in [7, 11) is 0. The molecule has 150 valence electrons. The van der Waals surface area contributed by atoms with Gasteiger partial charge in [-0.25, -0.2) is 0 Å². The highest BCUT2D eigenvalue weighted by atomic mass is 16.4. The highest BCUT2D eigenvalue weighted by molar-refractivity contribution is 5.73. The Morgan fingerprint density at radius 2 is 1.04 bits per heavy atom. The minimum atomic E-state index is -1.03. The Labute approximate surface area is 153 Å². The van der Waals surface area contributed by atoms with E-state index in [9.17, 15) is 24.3 Å². The predicted molar refractivity (Wildman–Crippen MR) is 92.9 cm³/mol. The van der Waals surface area contributed by atoms with E-state index >= 15 is 0 Å². The molecule has 4 N–H and O–H groups in total. The van der Waals surface area contributed by atoms with Crippen LogP contribution >= 0.6 is 0 Å². The van der Waals surface area contributed by atoms with Crippen molar-refractivity contribution in [1.29, 1.82) is 0 Å². The molecule has 0 aromatic rings. The van der Waals surface area contributed by atoms with Gasteiger partial charge in [-0.2, -0.15) is 0 Å². The molecule has 2 unspecified atom stereocenters. The lowest BCUT2D eigenvalue weighted by Crippen LogP contribution is -2.26. The van der Waals surface area contributed by atoms with Gasteiger partial charge >= 0.3 is 23.9 Å². The molecule has 0 bridgehead atoms. The van der Waals surface area contributed by atoms with Crippen LogP contribution in [0.5, 0.6) is 0 Å². The zero-order chi connectivity index (χ0) is 19.9. The van der Waals surface area contributed by atoms with Crippen molar-refractivity contribution in [2.24, 2.45) is 11.8 Å². The highest BCUT2D eigenvalue weighted by Crippen LogP contribution is 2.28. The van der Waals surface area contributed by atoms with Crippen LogP contribution in [0, 0.1) is 11.8 Å². The summed E-state index contributed by atoms with van der Waals surface area (Å²) in [5.41, 5.74) is 0. The molecule has 0 saturated carbocycles. The number of hydrogen-bond acceptors (Lipinski definition) is 4. The maximum atomic E-state index is 11.6. The van der Waals surface area contributed by atoms with Crippen molar-refractivity contribution in [3.8, 4) is 0 Å². The van der Waals surface area contributed by atoms with Crippen molar-refractivity contribution >= 4 is 23.9 Å². The average Bonchev–Trinajstić information content (AvgIpc) is 2.51. The van der Waals surface area contributed by atoms with E-state index < -0.39 is 35.7 Å². The van der Waals surface area contributed by atoms with Crippen LogP contribution in [0.4, 0.5) is 0 Å². The molecule has 8 heteroatoms. The van der Waals surface area contributed by atoms with Crippen molar-refractivity contribution in [2.45, 2.75) is 77.0 Å². The second-order valence-electron chi connectivity index (χ2n) is 6.64. The van der Waals surface area contributed by atoms with Crippen LogP contribution in [0.25, 0.3) is 0 Å². The molecular weight excluding hydrogens is 344 g/mol. The Balaban J connectivity index is 4.40. The number of carboxylic acid groups (broad SMARTS) is 4. The molecule has 0 aromatic carbocycles. The normalized spacial score (nSPS) is 13.1. The van der Waals surface area contributed by atoms with E-state index in [0.717, 1.165) is 6.42 Å². The summed E-state index contributed by atoms with van der Waals surface area (Å²) in [4.78, 5) is 43.6. The molecule has 26 heavy (non-hydrogen) atoms. The number of carboxylic acids is 4. The monoisotopic (exact) mass is 374 g/mol. The fraction of sp³-hybridized carbons (Fsp3) is 0.778. The molecule has 0 aliphatic heterocycles. The summed E-state index contributed by atoms with van der Waals surface area (Å²) in [5, 5.41) is 35.7. The van der Waals surface area contributed by atoms with Crippen LogP contribution in [0.2, 0.25) is 0 Å². The van der Waals surface area contributed by atoms with Crippen molar-refractivity contribution in [3.63, 3.8) is 0 Å². The summed E-state index contributed by atoms with van der Waals surface area (Å²) >= 11 is 0. The Morgan fingerprint density at radius 3 is 1.50 bits per heavy atom. The molecular formula is C18H30O8. The van der Waals surface area contributed by atoms with E-state index in [0.29, 0.717) is 51.4 Å². The van der Waals surface area contributed by atoms with Gasteiger partial charge in [0.05, 0.1) is 5.92 Å². The number of hydrogen-bond donors (Lipinski definition) is 4. The maximum absolute atomic E-state index is 11.6. The van der Waals surface area contributed by atoms with Gasteiger partial charge in [0.25, 0.3) is 0 Å². The Morgan fingerprint density at radius 1 is 0.577 bits per heavy atom. The van der Waals surface area contributed by atoms with E-state index in [4.69, 9.17) is 15.3 Å². The molecule has 0 heterocycles.